The highest BCUT2D eigenvalue weighted by Crippen LogP contribution is 2.41. The second-order valence-electron chi connectivity index (χ2n) is 5.92. The van der Waals surface area contributed by atoms with Crippen molar-refractivity contribution in [3.05, 3.63) is 22.4 Å². The molecule has 1 aromatic carbocycles. The van der Waals surface area contributed by atoms with Crippen LogP contribution < -0.4 is 10.6 Å². The van der Waals surface area contributed by atoms with Crippen LogP contribution in [0.4, 0.5) is 15.8 Å². The average molecular weight is 327 g/mol. The lowest BCUT2D eigenvalue weighted by Crippen LogP contribution is -2.50. The minimum Gasteiger partial charge on any atom is -0.381 e. The Morgan fingerprint density at radius 1 is 1.32 bits per heavy atom. The molecule has 1 aliphatic heterocycles. The van der Waals surface area contributed by atoms with E-state index < -0.39 is 0 Å². The molecule has 3 rings (SSSR count). The number of hydrogen-bond donors (Lipinski definition) is 2. The van der Waals surface area contributed by atoms with Crippen molar-refractivity contribution in [2.24, 2.45) is 5.92 Å². The first-order chi connectivity index (χ1) is 9.12. The van der Waals surface area contributed by atoms with Gasteiger partial charge in [0.25, 0.3) is 0 Å². The van der Waals surface area contributed by atoms with E-state index in [1.807, 2.05) is 6.07 Å². The fourth-order valence-corrected chi connectivity index (χ4v) is 3.67. The third-order valence-electron chi connectivity index (χ3n) is 4.72. The van der Waals surface area contributed by atoms with E-state index in [-0.39, 0.29) is 11.4 Å². The van der Waals surface area contributed by atoms with Crippen LogP contribution in [0.15, 0.2) is 16.6 Å². The quantitative estimate of drug-likeness (QED) is 0.777. The number of halogens is 2. The lowest BCUT2D eigenvalue weighted by atomic mass is 9.74. The van der Waals surface area contributed by atoms with Crippen LogP contribution in [0.5, 0.6) is 0 Å². The fourth-order valence-electron chi connectivity index (χ4n) is 3.33. The topological polar surface area (TPSA) is 24.1 Å². The Labute approximate surface area is 122 Å². The second kappa shape index (κ2) is 4.97. The molecular weight excluding hydrogens is 307 g/mol. The normalized spacial score (nSPS) is 29.5. The summed E-state index contributed by atoms with van der Waals surface area (Å²) >= 11 is 3.24. The molecule has 4 heteroatoms. The third-order valence-corrected chi connectivity index (χ3v) is 5.32. The number of nitrogens with one attached hydrogen (secondary N) is 2. The third kappa shape index (κ3) is 2.47. The van der Waals surface area contributed by atoms with Gasteiger partial charge in [-0.05, 0) is 53.6 Å². The Hall–Kier alpha value is -0.770. The predicted octanol–water partition coefficient (Wildman–Crippen LogP) is 4.76. The van der Waals surface area contributed by atoms with Crippen molar-refractivity contribution < 1.29 is 4.39 Å². The summed E-state index contributed by atoms with van der Waals surface area (Å²) in [7, 11) is 0. The van der Waals surface area contributed by atoms with Crippen LogP contribution in [0.1, 0.15) is 39.0 Å². The first-order valence-electron chi connectivity index (χ1n) is 7.13. The molecule has 2 aliphatic rings. The van der Waals surface area contributed by atoms with Gasteiger partial charge < -0.3 is 10.6 Å². The molecule has 0 unspecified atom stereocenters. The minimum absolute atomic E-state index is 0.124. The minimum atomic E-state index is -0.202. The summed E-state index contributed by atoms with van der Waals surface area (Å²) in [5.74, 6) is 0.669. The molecule has 19 heavy (non-hydrogen) atoms. The van der Waals surface area contributed by atoms with E-state index in [0.29, 0.717) is 4.47 Å². The molecule has 2 nitrogen and oxygen atoms in total. The van der Waals surface area contributed by atoms with Crippen LogP contribution in [0, 0.1) is 11.7 Å². The maximum Gasteiger partial charge on any atom is 0.139 e. The van der Waals surface area contributed by atoms with Gasteiger partial charge in [-0.15, -0.1) is 0 Å². The zero-order valence-corrected chi connectivity index (χ0v) is 12.8. The summed E-state index contributed by atoms with van der Waals surface area (Å²) in [5, 5.41) is 7.07. The van der Waals surface area contributed by atoms with Crippen LogP contribution in [0.25, 0.3) is 0 Å². The Morgan fingerprint density at radius 2 is 2.05 bits per heavy atom. The van der Waals surface area contributed by atoms with Crippen molar-refractivity contribution in [2.45, 2.75) is 44.6 Å². The first kappa shape index (κ1) is 13.2. The number of benzene rings is 1. The van der Waals surface area contributed by atoms with Crippen molar-refractivity contribution in [1.82, 2.24) is 0 Å². The monoisotopic (exact) mass is 326 g/mol. The zero-order chi connectivity index (χ0) is 13.5. The standard InChI is InChI=1S/C15H20BrFN2/c1-2-10-3-5-15(6-4-10)9-18-13-7-11(16)12(17)8-14(13)19-15/h7-8,10,18-19H,2-6,9H2,1H3. The summed E-state index contributed by atoms with van der Waals surface area (Å²) in [6.07, 6.45) is 6.19. The molecule has 0 saturated heterocycles. The second-order valence-corrected chi connectivity index (χ2v) is 6.78. The van der Waals surface area contributed by atoms with Gasteiger partial charge in [0.1, 0.15) is 5.82 Å². The van der Waals surface area contributed by atoms with Gasteiger partial charge in [-0.2, -0.15) is 0 Å². The lowest BCUT2D eigenvalue weighted by Gasteiger charge is -2.45. The van der Waals surface area contributed by atoms with Gasteiger partial charge in [0, 0.05) is 12.6 Å². The molecular formula is C15H20BrFN2. The van der Waals surface area contributed by atoms with Crippen molar-refractivity contribution in [1.29, 1.82) is 0 Å². The zero-order valence-electron chi connectivity index (χ0n) is 11.2. The smallest absolute Gasteiger partial charge is 0.139 e. The molecule has 0 aromatic heterocycles. The van der Waals surface area contributed by atoms with Gasteiger partial charge in [-0.3, -0.25) is 0 Å². The van der Waals surface area contributed by atoms with E-state index in [0.717, 1.165) is 23.8 Å². The molecule has 1 fully saturated rings. The van der Waals surface area contributed by atoms with Gasteiger partial charge in [0.05, 0.1) is 21.4 Å². The van der Waals surface area contributed by atoms with E-state index in [9.17, 15) is 4.39 Å². The SMILES string of the molecule is CCC1CCC2(CC1)CNc1cc(Br)c(F)cc1N2. The van der Waals surface area contributed by atoms with E-state index in [4.69, 9.17) is 0 Å². The summed E-state index contributed by atoms with van der Waals surface area (Å²) in [5.41, 5.74) is 2.03. The highest BCUT2D eigenvalue weighted by molar-refractivity contribution is 9.10. The van der Waals surface area contributed by atoms with Crippen LogP contribution in [0.2, 0.25) is 0 Å². The molecule has 0 bridgehead atoms. The number of hydrogen-bond acceptors (Lipinski definition) is 2. The van der Waals surface area contributed by atoms with E-state index >= 15 is 0 Å². The van der Waals surface area contributed by atoms with Gasteiger partial charge in [-0.25, -0.2) is 4.39 Å². The molecule has 0 atom stereocenters. The van der Waals surface area contributed by atoms with Crippen molar-refractivity contribution in [3.8, 4) is 0 Å². The molecule has 1 spiro atoms. The van der Waals surface area contributed by atoms with Crippen molar-refractivity contribution in [2.75, 3.05) is 17.2 Å². The summed E-state index contributed by atoms with van der Waals surface area (Å²) in [6, 6.07) is 3.42. The number of anilines is 2. The lowest BCUT2D eigenvalue weighted by molar-refractivity contribution is 0.255. The Bertz CT molecular complexity index is 481. The molecule has 104 valence electrons. The average Bonchev–Trinajstić information content (AvgIpc) is 2.42. The van der Waals surface area contributed by atoms with Crippen LogP contribution in [0.3, 0.4) is 0 Å². The maximum atomic E-state index is 13.7. The summed E-state index contributed by atoms with van der Waals surface area (Å²) in [6.45, 7) is 3.21. The van der Waals surface area contributed by atoms with Gasteiger partial charge in [0.2, 0.25) is 0 Å². The molecule has 0 radical (unpaired) electrons. The Balaban J connectivity index is 1.80. The number of fused-ring (bicyclic) bond motifs is 1. The van der Waals surface area contributed by atoms with Crippen molar-refractivity contribution in [3.63, 3.8) is 0 Å². The summed E-state index contributed by atoms with van der Waals surface area (Å²) in [4.78, 5) is 0. The first-order valence-corrected chi connectivity index (χ1v) is 7.92. The molecule has 1 aromatic rings. The van der Waals surface area contributed by atoms with Gasteiger partial charge in [-0.1, -0.05) is 13.3 Å². The van der Waals surface area contributed by atoms with Crippen LogP contribution >= 0.6 is 15.9 Å². The predicted molar refractivity (Wildman–Crippen MR) is 81.2 cm³/mol. The highest BCUT2D eigenvalue weighted by Gasteiger charge is 2.37. The largest absolute Gasteiger partial charge is 0.381 e. The van der Waals surface area contributed by atoms with Crippen molar-refractivity contribution >= 4 is 27.3 Å². The van der Waals surface area contributed by atoms with E-state index in [1.54, 1.807) is 6.07 Å². The highest BCUT2D eigenvalue weighted by atomic mass is 79.9. The fraction of sp³-hybridized carbons (Fsp3) is 0.600. The van der Waals surface area contributed by atoms with Crippen LogP contribution in [-0.2, 0) is 0 Å². The molecule has 0 amide bonds. The molecule has 1 aliphatic carbocycles. The molecule has 2 N–H and O–H groups in total. The van der Waals surface area contributed by atoms with E-state index in [2.05, 4.69) is 33.5 Å². The Morgan fingerprint density at radius 3 is 2.74 bits per heavy atom. The maximum absolute atomic E-state index is 13.7. The van der Waals surface area contributed by atoms with Gasteiger partial charge in [0.15, 0.2) is 0 Å². The Kier molecular flexibility index (Phi) is 3.46. The molecule has 1 heterocycles. The molecule has 1 saturated carbocycles. The van der Waals surface area contributed by atoms with E-state index in [1.165, 1.54) is 32.1 Å². The van der Waals surface area contributed by atoms with Crippen LogP contribution in [-0.4, -0.2) is 12.1 Å². The van der Waals surface area contributed by atoms with Gasteiger partial charge >= 0.3 is 0 Å². The summed E-state index contributed by atoms with van der Waals surface area (Å²) < 4.78 is 14.2. The number of rotatable bonds is 1.